The van der Waals surface area contributed by atoms with E-state index in [4.69, 9.17) is 28.4 Å². The molecule has 12 heteroatoms. The number of rotatable bonds is 7. The van der Waals surface area contributed by atoms with Crippen LogP contribution in [0, 0.1) is 0 Å². The lowest BCUT2D eigenvalue weighted by Gasteiger charge is -2.22. The van der Waals surface area contributed by atoms with E-state index >= 15 is 0 Å². The molecule has 0 bridgehead atoms. The SMILES string of the molecule is COC1O[C@@H]2[C@H](O1)[C@@H](CO)O[C@H]2n1c(COC(=O)OCC2c3ccccc3-c3ccccc32)cc(=O)[nH]c1=O. The Morgan fingerprint density at radius 1 is 0.974 bits per heavy atom. The number of methoxy groups -OCH3 is 1. The standard InChI is InChI=1S/C27H26N2O10/c1-34-27-38-22-20(11-30)37-24(23(22)39-27)29-14(10-21(31)28-25(29)32)12-35-26(33)36-13-19-17-8-4-2-6-15(17)16-7-3-5-9-18(16)19/h2-10,19-20,22-24,27,30H,11-13H2,1H3,(H,28,31,32)/t20-,22-,23-,24-,27?/m1/s1. The van der Waals surface area contributed by atoms with Crippen molar-refractivity contribution in [1.29, 1.82) is 0 Å². The maximum Gasteiger partial charge on any atom is 0.508 e. The lowest BCUT2D eigenvalue weighted by Crippen LogP contribution is -2.39. The van der Waals surface area contributed by atoms with Gasteiger partial charge in [0.2, 0.25) is 0 Å². The first kappa shape index (κ1) is 25.5. The Labute approximate surface area is 221 Å². The number of ether oxygens (including phenoxy) is 6. The molecule has 6 rings (SSSR count). The second kappa shape index (κ2) is 10.4. The number of nitrogens with zero attached hydrogens (tertiary/aromatic N) is 1. The molecule has 2 saturated heterocycles. The van der Waals surface area contributed by atoms with Crippen LogP contribution in [-0.4, -0.2) is 65.9 Å². The molecule has 3 aromatic rings. The number of aromatic amines is 1. The van der Waals surface area contributed by atoms with Crippen LogP contribution in [0.4, 0.5) is 4.79 Å². The summed E-state index contributed by atoms with van der Waals surface area (Å²) in [6, 6.07) is 17.0. The summed E-state index contributed by atoms with van der Waals surface area (Å²) in [4.78, 5) is 39.7. The van der Waals surface area contributed by atoms with E-state index in [9.17, 15) is 19.5 Å². The van der Waals surface area contributed by atoms with Gasteiger partial charge in [-0.15, -0.1) is 0 Å². The molecule has 0 amide bonds. The van der Waals surface area contributed by atoms with Crippen molar-refractivity contribution in [3.8, 4) is 11.1 Å². The molecule has 1 aliphatic carbocycles. The highest BCUT2D eigenvalue weighted by molar-refractivity contribution is 5.78. The second-order valence-corrected chi connectivity index (χ2v) is 9.35. The molecular weight excluding hydrogens is 512 g/mol. The quantitative estimate of drug-likeness (QED) is 0.425. The number of hydrogen-bond acceptors (Lipinski definition) is 10. The van der Waals surface area contributed by atoms with Crippen LogP contribution in [0.1, 0.15) is 29.0 Å². The van der Waals surface area contributed by atoms with Crippen molar-refractivity contribution in [1.82, 2.24) is 9.55 Å². The van der Waals surface area contributed by atoms with Crippen LogP contribution in [0.2, 0.25) is 0 Å². The summed E-state index contributed by atoms with van der Waals surface area (Å²) in [6.45, 7) is -1.82. The molecule has 3 heterocycles. The lowest BCUT2D eigenvalue weighted by atomic mass is 9.98. The summed E-state index contributed by atoms with van der Waals surface area (Å²) in [6.07, 6.45) is -4.41. The first-order chi connectivity index (χ1) is 19.0. The Hall–Kier alpha value is -3.81. The molecule has 2 aliphatic heterocycles. The van der Waals surface area contributed by atoms with Crippen molar-refractivity contribution in [3.63, 3.8) is 0 Å². The molecule has 1 aromatic heterocycles. The monoisotopic (exact) mass is 538 g/mol. The molecule has 2 N–H and O–H groups in total. The number of hydrogen-bond donors (Lipinski definition) is 2. The van der Waals surface area contributed by atoms with Crippen LogP contribution in [0.5, 0.6) is 0 Å². The van der Waals surface area contributed by atoms with Crippen LogP contribution >= 0.6 is 0 Å². The Morgan fingerprint density at radius 2 is 1.64 bits per heavy atom. The minimum absolute atomic E-state index is 0.0454. The van der Waals surface area contributed by atoms with Crippen molar-refractivity contribution in [2.45, 2.75) is 43.5 Å². The number of nitrogens with one attached hydrogen (secondary N) is 1. The molecule has 39 heavy (non-hydrogen) atoms. The number of H-pyrrole nitrogens is 1. The largest absolute Gasteiger partial charge is 0.508 e. The van der Waals surface area contributed by atoms with Crippen LogP contribution in [-0.2, 0) is 35.0 Å². The van der Waals surface area contributed by atoms with Gasteiger partial charge in [-0.1, -0.05) is 48.5 Å². The highest BCUT2D eigenvalue weighted by atomic mass is 16.9. The summed E-state index contributed by atoms with van der Waals surface area (Å²) < 4.78 is 34.1. The zero-order chi connectivity index (χ0) is 27.1. The average molecular weight is 539 g/mol. The minimum Gasteiger partial charge on any atom is -0.433 e. The van der Waals surface area contributed by atoms with Gasteiger partial charge in [0.15, 0.2) is 6.23 Å². The van der Waals surface area contributed by atoms with Crippen LogP contribution < -0.4 is 11.2 Å². The van der Waals surface area contributed by atoms with E-state index in [1.54, 1.807) is 0 Å². The van der Waals surface area contributed by atoms with Gasteiger partial charge in [0.05, 0.1) is 12.3 Å². The highest BCUT2D eigenvalue weighted by Gasteiger charge is 2.54. The minimum atomic E-state index is -1.09. The number of aliphatic hydroxyl groups excluding tert-OH is 1. The van der Waals surface area contributed by atoms with Gasteiger partial charge >= 0.3 is 11.8 Å². The van der Waals surface area contributed by atoms with Gasteiger partial charge in [-0.3, -0.25) is 14.3 Å². The maximum absolute atomic E-state index is 12.8. The summed E-state index contributed by atoms with van der Waals surface area (Å²) in [7, 11) is 1.38. The average Bonchev–Trinajstić information content (AvgIpc) is 3.61. The van der Waals surface area contributed by atoms with Crippen molar-refractivity contribution < 1.29 is 38.3 Å². The molecule has 2 aromatic carbocycles. The molecule has 0 saturated carbocycles. The van der Waals surface area contributed by atoms with Gasteiger partial charge in [0.25, 0.3) is 12.0 Å². The number of fused-ring (bicyclic) bond motifs is 4. The predicted molar refractivity (Wildman–Crippen MR) is 133 cm³/mol. The van der Waals surface area contributed by atoms with E-state index < -0.39 is 61.6 Å². The van der Waals surface area contributed by atoms with Gasteiger partial charge in [-0.25, -0.2) is 9.59 Å². The van der Waals surface area contributed by atoms with E-state index in [0.717, 1.165) is 32.9 Å². The Morgan fingerprint density at radius 3 is 2.31 bits per heavy atom. The summed E-state index contributed by atoms with van der Waals surface area (Å²) in [5, 5.41) is 9.73. The van der Waals surface area contributed by atoms with E-state index in [1.807, 2.05) is 48.5 Å². The molecule has 1 unspecified atom stereocenters. The fourth-order valence-electron chi connectivity index (χ4n) is 5.48. The molecular formula is C27H26N2O10. The Bertz CT molecular complexity index is 1450. The fourth-order valence-corrected chi connectivity index (χ4v) is 5.48. The van der Waals surface area contributed by atoms with E-state index in [2.05, 4.69) is 4.98 Å². The fraction of sp³-hybridized carbons (Fsp3) is 0.370. The van der Waals surface area contributed by atoms with Crippen LogP contribution in [0.15, 0.2) is 64.2 Å². The van der Waals surface area contributed by atoms with E-state index in [1.165, 1.54) is 7.11 Å². The van der Waals surface area contributed by atoms with Gasteiger partial charge in [-0.05, 0) is 22.3 Å². The molecule has 3 aliphatic rings. The molecule has 0 radical (unpaired) electrons. The Balaban J connectivity index is 1.18. The third kappa shape index (κ3) is 4.56. The maximum atomic E-state index is 12.8. The van der Waals surface area contributed by atoms with Crippen LogP contribution in [0.3, 0.4) is 0 Å². The third-order valence-electron chi connectivity index (χ3n) is 7.17. The van der Waals surface area contributed by atoms with Crippen LogP contribution in [0.25, 0.3) is 11.1 Å². The summed E-state index contributed by atoms with van der Waals surface area (Å²) >= 11 is 0. The van der Waals surface area contributed by atoms with Gasteiger partial charge in [-0.2, -0.15) is 0 Å². The first-order valence-electron chi connectivity index (χ1n) is 12.4. The topological polar surface area (TPSA) is 148 Å². The van der Waals surface area contributed by atoms with Gasteiger partial charge in [0, 0.05) is 19.1 Å². The Kier molecular flexibility index (Phi) is 6.79. The van der Waals surface area contributed by atoms with E-state index in [-0.39, 0.29) is 18.2 Å². The number of aromatic nitrogens is 2. The molecule has 204 valence electrons. The van der Waals surface area contributed by atoms with Crippen molar-refractivity contribution in [2.24, 2.45) is 0 Å². The van der Waals surface area contributed by atoms with Crippen molar-refractivity contribution in [3.05, 3.63) is 92.3 Å². The van der Waals surface area contributed by atoms with Gasteiger partial charge < -0.3 is 33.5 Å². The third-order valence-corrected chi connectivity index (χ3v) is 7.17. The normalized spacial score (nSPS) is 25.2. The summed E-state index contributed by atoms with van der Waals surface area (Å²) in [5.74, 6) is -0.157. The first-order valence-corrected chi connectivity index (χ1v) is 12.4. The zero-order valence-corrected chi connectivity index (χ0v) is 20.9. The van der Waals surface area contributed by atoms with Crippen molar-refractivity contribution in [2.75, 3.05) is 20.3 Å². The highest BCUT2D eigenvalue weighted by Crippen LogP contribution is 2.44. The molecule has 12 nitrogen and oxygen atoms in total. The number of carbonyl (C=O) groups is 1. The molecule has 5 atom stereocenters. The predicted octanol–water partition coefficient (Wildman–Crippen LogP) is 1.61. The number of carbonyl (C=O) groups excluding carboxylic acids is 1. The molecule has 0 spiro atoms. The van der Waals surface area contributed by atoms with Gasteiger partial charge in [0.1, 0.15) is 31.5 Å². The number of aliphatic hydroxyl groups is 1. The lowest BCUT2D eigenvalue weighted by molar-refractivity contribution is -0.257. The number of benzene rings is 2. The summed E-state index contributed by atoms with van der Waals surface area (Å²) in [5.41, 5.74) is 2.84. The van der Waals surface area contributed by atoms with E-state index in [0.29, 0.717) is 0 Å². The zero-order valence-electron chi connectivity index (χ0n) is 20.9. The molecule has 2 fully saturated rings. The smallest absolute Gasteiger partial charge is 0.433 e. The van der Waals surface area contributed by atoms with Crippen molar-refractivity contribution >= 4 is 6.16 Å². The second-order valence-electron chi connectivity index (χ2n) is 9.35.